The fraction of sp³-hybridized carbons (Fsp3) is 0.579. The number of rotatable bonds is 7. The summed E-state index contributed by atoms with van der Waals surface area (Å²) in [5, 5.41) is 5.23. The van der Waals surface area contributed by atoms with Crippen LogP contribution in [0.1, 0.15) is 31.2 Å². The summed E-state index contributed by atoms with van der Waals surface area (Å²) in [6, 6.07) is 9.99. The van der Waals surface area contributed by atoms with E-state index in [9.17, 15) is 9.59 Å². The zero-order valence-electron chi connectivity index (χ0n) is 14.6. The van der Waals surface area contributed by atoms with E-state index < -0.39 is 0 Å². The summed E-state index contributed by atoms with van der Waals surface area (Å²) in [5.41, 5.74) is 1.17. The third-order valence-electron chi connectivity index (χ3n) is 4.64. The topological polar surface area (TPSA) is 70.7 Å². The van der Waals surface area contributed by atoms with Gasteiger partial charge >= 0.3 is 6.03 Å². The lowest BCUT2D eigenvalue weighted by molar-refractivity contribution is -0.121. The van der Waals surface area contributed by atoms with Crippen LogP contribution in [0.3, 0.4) is 0 Å². The van der Waals surface area contributed by atoms with Gasteiger partial charge in [-0.15, -0.1) is 0 Å². The highest BCUT2D eigenvalue weighted by atomic mass is 16.5. The molecule has 1 saturated heterocycles. The Hall–Kier alpha value is -1.92. The summed E-state index contributed by atoms with van der Waals surface area (Å²) in [7, 11) is 0. The quantitative estimate of drug-likeness (QED) is 0.792. The first-order valence-corrected chi connectivity index (χ1v) is 9.13. The van der Waals surface area contributed by atoms with Crippen molar-refractivity contribution in [3.63, 3.8) is 0 Å². The van der Waals surface area contributed by atoms with Crippen LogP contribution in [0.2, 0.25) is 0 Å². The number of hydrogen-bond donors (Lipinski definition) is 2. The normalized spacial score (nSPS) is 18.1. The van der Waals surface area contributed by atoms with Crippen LogP contribution < -0.4 is 10.6 Å². The molecule has 0 spiro atoms. The second kappa shape index (κ2) is 8.97. The molecule has 1 saturated carbocycles. The Balaban J connectivity index is 1.54. The van der Waals surface area contributed by atoms with Crippen molar-refractivity contribution in [1.82, 2.24) is 15.5 Å². The van der Waals surface area contributed by atoms with Gasteiger partial charge in [0.25, 0.3) is 0 Å². The number of carbonyl (C=O) groups is 2. The molecule has 1 aromatic carbocycles. The average molecular weight is 345 g/mol. The largest absolute Gasteiger partial charge is 0.381 e. The first-order chi connectivity index (χ1) is 12.2. The van der Waals surface area contributed by atoms with Gasteiger partial charge in [-0.2, -0.15) is 0 Å². The highest BCUT2D eigenvalue weighted by molar-refractivity contribution is 5.95. The standard InChI is InChI=1S/C19H27N3O3/c23-18(21-19(24)20-17-6-7-17)14-22(12-15-4-2-1-3-5-15)13-16-8-10-25-11-9-16/h1-5,16-17H,6-14H2,(H2,20,21,23,24). The molecule has 1 aromatic rings. The Morgan fingerprint density at radius 2 is 1.80 bits per heavy atom. The molecule has 0 aromatic heterocycles. The van der Waals surface area contributed by atoms with E-state index in [1.807, 2.05) is 18.2 Å². The van der Waals surface area contributed by atoms with Gasteiger partial charge in [-0.1, -0.05) is 30.3 Å². The van der Waals surface area contributed by atoms with Gasteiger partial charge in [0.15, 0.2) is 0 Å². The van der Waals surface area contributed by atoms with E-state index in [1.54, 1.807) is 0 Å². The van der Waals surface area contributed by atoms with E-state index in [2.05, 4.69) is 27.7 Å². The lowest BCUT2D eigenvalue weighted by Crippen LogP contribution is -2.46. The third kappa shape index (κ3) is 6.48. The number of imide groups is 1. The van der Waals surface area contributed by atoms with Crippen LogP contribution in [0.25, 0.3) is 0 Å². The summed E-state index contributed by atoms with van der Waals surface area (Å²) in [6.07, 6.45) is 4.06. The van der Waals surface area contributed by atoms with Crippen molar-refractivity contribution < 1.29 is 14.3 Å². The molecule has 3 amide bonds. The minimum absolute atomic E-state index is 0.227. The fourth-order valence-corrected chi connectivity index (χ4v) is 3.14. The molecule has 136 valence electrons. The van der Waals surface area contributed by atoms with E-state index in [4.69, 9.17) is 4.74 Å². The minimum atomic E-state index is -0.377. The molecule has 1 heterocycles. The smallest absolute Gasteiger partial charge is 0.321 e. The van der Waals surface area contributed by atoms with Crippen LogP contribution in [0, 0.1) is 5.92 Å². The van der Waals surface area contributed by atoms with Crippen molar-refractivity contribution in [3.8, 4) is 0 Å². The van der Waals surface area contributed by atoms with Gasteiger partial charge in [0.2, 0.25) is 5.91 Å². The Kier molecular flexibility index (Phi) is 6.42. The minimum Gasteiger partial charge on any atom is -0.381 e. The second-order valence-corrected chi connectivity index (χ2v) is 7.01. The predicted octanol–water partition coefficient (Wildman–Crippen LogP) is 1.90. The van der Waals surface area contributed by atoms with Crippen molar-refractivity contribution in [3.05, 3.63) is 35.9 Å². The number of ether oxygens (including phenoxy) is 1. The molecule has 25 heavy (non-hydrogen) atoms. The first-order valence-electron chi connectivity index (χ1n) is 9.13. The number of urea groups is 1. The zero-order valence-corrected chi connectivity index (χ0v) is 14.6. The number of amides is 3. The predicted molar refractivity (Wildman–Crippen MR) is 95.0 cm³/mol. The highest BCUT2D eigenvalue weighted by Gasteiger charge is 2.25. The van der Waals surface area contributed by atoms with Gasteiger partial charge in [0, 0.05) is 32.3 Å². The molecule has 2 aliphatic rings. The van der Waals surface area contributed by atoms with Crippen LogP contribution >= 0.6 is 0 Å². The third-order valence-corrected chi connectivity index (χ3v) is 4.64. The number of carbonyl (C=O) groups excluding carboxylic acids is 2. The van der Waals surface area contributed by atoms with Gasteiger partial charge in [-0.25, -0.2) is 4.79 Å². The molecule has 0 bridgehead atoms. The van der Waals surface area contributed by atoms with Crippen molar-refractivity contribution >= 4 is 11.9 Å². The first kappa shape index (κ1) is 17.9. The monoisotopic (exact) mass is 345 g/mol. The maximum Gasteiger partial charge on any atom is 0.321 e. The van der Waals surface area contributed by atoms with E-state index >= 15 is 0 Å². The molecule has 0 radical (unpaired) electrons. The molecular formula is C19H27N3O3. The number of benzene rings is 1. The van der Waals surface area contributed by atoms with Crippen molar-refractivity contribution in [2.45, 2.75) is 38.3 Å². The molecule has 1 aliphatic carbocycles. The van der Waals surface area contributed by atoms with Crippen molar-refractivity contribution in [2.24, 2.45) is 5.92 Å². The highest BCUT2D eigenvalue weighted by Crippen LogP contribution is 2.18. The lowest BCUT2D eigenvalue weighted by Gasteiger charge is -2.29. The molecule has 2 fully saturated rings. The van der Waals surface area contributed by atoms with E-state index in [1.165, 1.54) is 5.56 Å². The summed E-state index contributed by atoms with van der Waals surface area (Å²) in [4.78, 5) is 26.1. The average Bonchev–Trinajstić information content (AvgIpc) is 3.40. The summed E-state index contributed by atoms with van der Waals surface area (Å²) in [6.45, 7) is 3.36. The van der Waals surface area contributed by atoms with Crippen molar-refractivity contribution in [2.75, 3.05) is 26.3 Å². The Morgan fingerprint density at radius 3 is 2.48 bits per heavy atom. The molecule has 0 atom stereocenters. The van der Waals surface area contributed by atoms with Crippen LogP contribution in [0.5, 0.6) is 0 Å². The number of nitrogens with one attached hydrogen (secondary N) is 2. The molecule has 0 unspecified atom stereocenters. The molecular weight excluding hydrogens is 318 g/mol. The number of nitrogens with zero attached hydrogens (tertiary/aromatic N) is 1. The SMILES string of the molecule is O=C(CN(Cc1ccccc1)CC1CCOCC1)NC(=O)NC1CC1. The van der Waals surface area contributed by atoms with Gasteiger partial charge in [0.1, 0.15) is 0 Å². The van der Waals surface area contributed by atoms with Gasteiger partial charge in [0.05, 0.1) is 6.54 Å². The van der Waals surface area contributed by atoms with E-state index in [0.29, 0.717) is 12.5 Å². The van der Waals surface area contributed by atoms with Crippen molar-refractivity contribution in [1.29, 1.82) is 0 Å². The maximum atomic E-state index is 12.3. The fourth-order valence-electron chi connectivity index (χ4n) is 3.14. The molecule has 2 N–H and O–H groups in total. The molecule has 3 rings (SSSR count). The maximum absolute atomic E-state index is 12.3. The summed E-state index contributed by atoms with van der Waals surface area (Å²) in [5.74, 6) is 0.284. The Labute approximate surface area is 148 Å². The van der Waals surface area contributed by atoms with Crippen LogP contribution in [0.15, 0.2) is 30.3 Å². The van der Waals surface area contributed by atoms with E-state index in [-0.39, 0.29) is 24.5 Å². The molecule has 1 aliphatic heterocycles. The van der Waals surface area contributed by atoms with Gasteiger partial charge in [-0.3, -0.25) is 15.0 Å². The Morgan fingerprint density at radius 1 is 1.08 bits per heavy atom. The van der Waals surface area contributed by atoms with Gasteiger partial charge < -0.3 is 10.1 Å². The summed E-state index contributed by atoms with van der Waals surface area (Å²) < 4.78 is 5.43. The summed E-state index contributed by atoms with van der Waals surface area (Å²) >= 11 is 0. The van der Waals surface area contributed by atoms with E-state index in [0.717, 1.165) is 45.4 Å². The van der Waals surface area contributed by atoms with Crippen LogP contribution in [0.4, 0.5) is 4.79 Å². The van der Waals surface area contributed by atoms with Crippen LogP contribution in [-0.4, -0.2) is 49.2 Å². The zero-order chi connectivity index (χ0) is 17.5. The second-order valence-electron chi connectivity index (χ2n) is 7.01. The number of hydrogen-bond acceptors (Lipinski definition) is 4. The molecule has 6 heteroatoms. The molecule has 6 nitrogen and oxygen atoms in total. The van der Waals surface area contributed by atoms with Gasteiger partial charge in [-0.05, 0) is 37.2 Å². The Bertz CT molecular complexity index is 569. The lowest BCUT2D eigenvalue weighted by atomic mass is 9.99. The van der Waals surface area contributed by atoms with Crippen LogP contribution in [-0.2, 0) is 16.1 Å².